The molecule has 0 unspecified atom stereocenters. The van der Waals surface area contributed by atoms with Gasteiger partial charge in [0.15, 0.2) is 0 Å². The van der Waals surface area contributed by atoms with Gasteiger partial charge in [-0.05, 0) is 22.0 Å². The van der Waals surface area contributed by atoms with Crippen molar-refractivity contribution < 1.29 is 5.11 Å². The van der Waals surface area contributed by atoms with Crippen molar-refractivity contribution in [3.8, 4) is 5.88 Å². The van der Waals surface area contributed by atoms with Crippen LogP contribution >= 0.6 is 50.7 Å². The molecule has 0 aromatic carbocycles. The maximum absolute atomic E-state index is 9.04. The van der Waals surface area contributed by atoms with E-state index in [1.165, 1.54) is 12.1 Å². The summed E-state index contributed by atoms with van der Waals surface area (Å²) in [6.07, 6.45) is 0. The summed E-state index contributed by atoms with van der Waals surface area (Å²) in [5.41, 5.74) is 0.367. The molecule has 1 aromatic rings. The zero-order chi connectivity index (χ0) is 9.35. The van der Waals surface area contributed by atoms with Crippen molar-refractivity contribution in [2.75, 3.05) is 0 Å². The third-order valence-corrected chi connectivity index (χ3v) is 2.17. The molecular weight excluding hydrogens is 288 g/mol. The average molecular weight is 291 g/mol. The Kier molecular flexibility index (Phi) is 3.10. The number of pyridine rings is 1. The lowest BCUT2D eigenvalue weighted by Gasteiger charge is -2.10. The van der Waals surface area contributed by atoms with Crippen LogP contribution in [0.3, 0.4) is 0 Å². The Morgan fingerprint density at radius 3 is 2.33 bits per heavy atom. The van der Waals surface area contributed by atoms with Crippen LogP contribution in [0.25, 0.3) is 0 Å². The topological polar surface area (TPSA) is 33.1 Å². The molecule has 0 radical (unpaired) electrons. The Morgan fingerprint density at radius 1 is 1.33 bits per heavy atom. The molecule has 0 spiro atoms. The van der Waals surface area contributed by atoms with Crippen molar-refractivity contribution in [1.29, 1.82) is 0 Å². The zero-order valence-corrected chi connectivity index (χ0v) is 9.41. The van der Waals surface area contributed by atoms with Crippen LogP contribution in [0.4, 0.5) is 0 Å². The maximum atomic E-state index is 9.04. The molecule has 0 aliphatic rings. The minimum absolute atomic E-state index is 0.189. The quantitative estimate of drug-likeness (QED) is 0.587. The van der Waals surface area contributed by atoms with Crippen LogP contribution < -0.4 is 0 Å². The van der Waals surface area contributed by atoms with E-state index in [9.17, 15) is 0 Å². The smallest absolute Gasteiger partial charge is 0.216 e. The summed E-state index contributed by atoms with van der Waals surface area (Å²) in [5, 5.41) is 9.04. The number of alkyl halides is 3. The van der Waals surface area contributed by atoms with Gasteiger partial charge in [-0.15, -0.1) is 0 Å². The Hall–Kier alpha value is 0.300. The summed E-state index contributed by atoms with van der Waals surface area (Å²) in [7, 11) is 0. The van der Waals surface area contributed by atoms with E-state index in [4.69, 9.17) is 39.9 Å². The molecule has 1 heterocycles. The third-order valence-electron chi connectivity index (χ3n) is 1.11. The number of hydrogen-bond acceptors (Lipinski definition) is 2. The van der Waals surface area contributed by atoms with Crippen LogP contribution in [0.2, 0.25) is 0 Å². The highest BCUT2D eigenvalue weighted by Crippen LogP contribution is 2.39. The van der Waals surface area contributed by atoms with E-state index >= 15 is 0 Å². The summed E-state index contributed by atoms with van der Waals surface area (Å²) in [6, 6.07) is 2.81. The Balaban J connectivity index is 3.18. The fraction of sp³-hybridized carbons (Fsp3) is 0.167. The normalized spacial score (nSPS) is 11.7. The lowest BCUT2D eigenvalue weighted by Crippen LogP contribution is -2.00. The van der Waals surface area contributed by atoms with Gasteiger partial charge < -0.3 is 5.11 Å². The summed E-state index contributed by atoms with van der Waals surface area (Å²) < 4.78 is -1.12. The van der Waals surface area contributed by atoms with E-state index < -0.39 is 3.79 Å². The molecule has 1 N–H and O–H groups in total. The van der Waals surface area contributed by atoms with Crippen molar-refractivity contribution in [3.63, 3.8) is 0 Å². The number of halogens is 4. The van der Waals surface area contributed by atoms with Gasteiger partial charge in [0, 0.05) is 11.6 Å². The van der Waals surface area contributed by atoms with Gasteiger partial charge in [-0.3, -0.25) is 0 Å². The summed E-state index contributed by atoms with van der Waals surface area (Å²) >= 11 is 19.8. The molecule has 0 aliphatic carbocycles. The molecule has 0 amide bonds. The van der Waals surface area contributed by atoms with Crippen molar-refractivity contribution >= 4 is 50.7 Å². The van der Waals surface area contributed by atoms with Crippen LogP contribution in [-0.2, 0) is 3.79 Å². The first-order chi connectivity index (χ1) is 5.39. The van der Waals surface area contributed by atoms with E-state index in [-0.39, 0.29) is 5.88 Å². The number of nitrogens with zero attached hydrogens (tertiary/aromatic N) is 1. The second kappa shape index (κ2) is 3.58. The summed E-state index contributed by atoms with van der Waals surface area (Å²) in [6.45, 7) is 0. The molecule has 6 heteroatoms. The Morgan fingerprint density at radius 2 is 1.92 bits per heavy atom. The molecular formula is C6H3BrCl3NO. The number of rotatable bonds is 0. The van der Waals surface area contributed by atoms with Gasteiger partial charge in [-0.1, -0.05) is 34.8 Å². The number of aromatic hydroxyl groups is 1. The van der Waals surface area contributed by atoms with E-state index in [0.717, 1.165) is 0 Å². The first-order valence-corrected chi connectivity index (χ1v) is 4.76. The highest BCUT2D eigenvalue weighted by molar-refractivity contribution is 9.10. The van der Waals surface area contributed by atoms with Gasteiger partial charge in [0.05, 0.1) is 0 Å². The molecule has 0 fully saturated rings. The van der Waals surface area contributed by atoms with Crippen LogP contribution in [-0.4, -0.2) is 10.1 Å². The fourth-order valence-electron chi connectivity index (χ4n) is 0.647. The Bertz CT molecular complexity index is 279. The summed E-state index contributed by atoms with van der Waals surface area (Å²) in [4.78, 5) is 3.64. The average Bonchev–Trinajstić information content (AvgIpc) is 1.82. The molecule has 66 valence electrons. The molecule has 0 atom stereocenters. The number of aromatic nitrogens is 1. The molecule has 0 saturated carbocycles. The largest absolute Gasteiger partial charge is 0.493 e. The molecule has 1 rings (SSSR count). The first kappa shape index (κ1) is 10.4. The van der Waals surface area contributed by atoms with Crippen molar-refractivity contribution in [2.45, 2.75) is 3.79 Å². The summed E-state index contributed by atoms with van der Waals surface area (Å²) in [5.74, 6) is -0.189. The van der Waals surface area contributed by atoms with Crippen molar-refractivity contribution in [2.24, 2.45) is 0 Å². The molecule has 0 bridgehead atoms. The second-order valence-electron chi connectivity index (χ2n) is 2.03. The minimum atomic E-state index is -1.54. The van der Waals surface area contributed by atoms with Crippen LogP contribution in [0.1, 0.15) is 5.56 Å². The fourth-order valence-corrected chi connectivity index (χ4v) is 1.40. The maximum Gasteiger partial charge on any atom is 0.216 e. The molecule has 2 nitrogen and oxygen atoms in total. The zero-order valence-electron chi connectivity index (χ0n) is 5.56. The van der Waals surface area contributed by atoms with Gasteiger partial charge in [-0.2, -0.15) is 0 Å². The first-order valence-electron chi connectivity index (χ1n) is 2.83. The van der Waals surface area contributed by atoms with E-state index in [1.807, 2.05) is 0 Å². The molecule has 0 aliphatic heterocycles. The molecule has 12 heavy (non-hydrogen) atoms. The predicted octanol–water partition coefficient (Wildman–Crippen LogP) is 3.38. The second-order valence-corrected chi connectivity index (χ2v) is 5.13. The minimum Gasteiger partial charge on any atom is -0.493 e. The standard InChI is InChI=1S/C6H3BrCl3NO/c7-4-1-3(6(8,9)10)2-5(12)11-4/h1-2H,(H,11,12). The third kappa shape index (κ3) is 2.66. The van der Waals surface area contributed by atoms with Crippen LogP contribution in [0.5, 0.6) is 5.88 Å². The van der Waals surface area contributed by atoms with Crippen molar-refractivity contribution in [3.05, 3.63) is 22.3 Å². The molecule has 1 aromatic heterocycles. The van der Waals surface area contributed by atoms with Gasteiger partial charge in [0.2, 0.25) is 9.67 Å². The lowest BCUT2D eigenvalue weighted by atomic mass is 10.3. The highest BCUT2D eigenvalue weighted by atomic mass is 79.9. The molecule has 0 saturated heterocycles. The number of hydrogen-bond donors (Lipinski definition) is 1. The monoisotopic (exact) mass is 289 g/mol. The lowest BCUT2D eigenvalue weighted by molar-refractivity contribution is 0.451. The van der Waals surface area contributed by atoms with Crippen molar-refractivity contribution in [1.82, 2.24) is 4.98 Å². The highest BCUT2D eigenvalue weighted by Gasteiger charge is 2.23. The van der Waals surface area contributed by atoms with Gasteiger partial charge in [0.1, 0.15) is 4.60 Å². The van der Waals surface area contributed by atoms with Gasteiger partial charge in [0.25, 0.3) is 0 Å². The predicted molar refractivity (Wildman–Crippen MR) is 52.8 cm³/mol. The Labute approximate surface area is 92.6 Å². The SMILES string of the molecule is Oc1cc(C(Cl)(Cl)Cl)cc(Br)n1. The van der Waals surface area contributed by atoms with E-state index in [0.29, 0.717) is 10.2 Å². The van der Waals surface area contributed by atoms with Crippen LogP contribution in [0.15, 0.2) is 16.7 Å². The van der Waals surface area contributed by atoms with E-state index in [2.05, 4.69) is 20.9 Å². The van der Waals surface area contributed by atoms with Crippen LogP contribution in [0, 0.1) is 0 Å². The van der Waals surface area contributed by atoms with Gasteiger partial charge in [-0.25, -0.2) is 4.98 Å². The van der Waals surface area contributed by atoms with E-state index in [1.54, 1.807) is 0 Å². The van der Waals surface area contributed by atoms with Gasteiger partial charge >= 0.3 is 0 Å².